The molecule has 2 unspecified atom stereocenters. The normalized spacial score (nSPS) is 23.2. The van der Waals surface area contributed by atoms with E-state index in [4.69, 9.17) is 9.15 Å². The van der Waals surface area contributed by atoms with Crippen molar-refractivity contribution >= 4 is 11.7 Å². The number of nitrogens with one attached hydrogen (secondary N) is 2. The van der Waals surface area contributed by atoms with Gasteiger partial charge >= 0.3 is 6.03 Å². The minimum absolute atomic E-state index is 0.178. The van der Waals surface area contributed by atoms with Gasteiger partial charge in [0.1, 0.15) is 6.26 Å². The summed E-state index contributed by atoms with van der Waals surface area (Å²) in [6, 6.07) is 7.51. The van der Waals surface area contributed by atoms with Crippen molar-refractivity contribution in [1.29, 1.82) is 0 Å². The monoisotopic (exact) mass is 341 g/mol. The zero-order valence-electron chi connectivity index (χ0n) is 14.3. The van der Waals surface area contributed by atoms with E-state index in [2.05, 4.69) is 15.6 Å². The molecular formula is C19H23N3O3. The molecule has 0 spiro atoms. The van der Waals surface area contributed by atoms with Crippen LogP contribution in [0.4, 0.5) is 10.5 Å². The number of hydrogen-bond acceptors (Lipinski definition) is 4. The van der Waals surface area contributed by atoms with Crippen LogP contribution in [0, 0.1) is 12.8 Å². The van der Waals surface area contributed by atoms with Crippen LogP contribution < -0.4 is 10.6 Å². The van der Waals surface area contributed by atoms with Crippen molar-refractivity contribution in [3.8, 4) is 11.5 Å². The van der Waals surface area contributed by atoms with E-state index in [9.17, 15) is 4.79 Å². The Labute approximate surface area is 147 Å². The third-order valence-electron chi connectivity index (χ3n) is 4.78. The number of aromatic nitrogens is 1. The molecule has 0 bridgehead atoms. The first kappa shape index (κ1) is 16.1. The van der Waals surface area contributed by atoms with E-state index in [1.165, 1.54) is 12.8 Å². The van der Waals surface area contributed by atoms with Gasteiger partial charge in [0.2, 0.25) is 5.89 Å². The van der Waals surface area contributed by atoms with E-state index in [0.29, 0.717) is 17.9 Å². The molecule has 6 nitrogen and oxygen atoms in total. The highest BCUT2D eigenvalue weighted by atomic mass is 16.5. The topological polar surface area (TPSA) is 76.4 Å². The van der Waals surface area contributed by atoms with Gasteiger partial charge in [-0.3, -0.25) is 0 Å². The van der Waals surface area contributed by atoms with E-state index in [-0.39, 0.29) is 12.1 Å². The number of anilines is 1. The number of amides is 2. The summed E-state index contributed by atoms with van der Waals surface area (Å²) in [4.78, 5) is 16.6. The highest BCUT2D eigenvalue weighted by Gasteiger charge is 2.36. The quantitative estimate of drug-likeness (QED) is 0.888. The molecule has 1 saturated heterocycles. The van der Waals surface area contributed by atoms with Crippen LogP contribution in [0.5, 0.6) is 0 Å². The summed E-state index contributed by atoms with van der Waals surface area (Å²) in [5.41, 5.74) is 2.39. The van der Waals surface area contributed by atoms with Crippen molar-refractivity contribution in [2.45, 2.75) is 44.8 Å². The molecule has 2 fully saturated rings. The van der Waals surface area contributed by atoms with Crippen LogP contribution in [-0.4, -0.2) is 29.8 Å². The third-order valence-corrected chi connectivity index (χ3v) is 4.78. The number of carbonyl (C=O) groups excluding carboxylic acids is 1. The van der Waals surface area contributed by atoms with Crippen LogP contribution in [0.3, 0.4) is 0 Å². The van der Waals surface area contributed by atoms with Crippen molar-refractivity contribution in [3.05, 3.63) is 36.2 Å². The lowest BCUT2D eigenvalue weighted by Crippen LogP contribution is -2.44. The fourth-order valence-electron chi connectivity index (χ4n) is 3.32. The highest BCUT2D eigenvalue weighted by molar-refractivity contribution is 5.90. The van der Waals surface area contributed by atoms with Gasteiger partial charge in [0.25, 0.3) is 0 Å². The second kappa shape index (κ2) is 6.88. The molecule has 0 radical (unpaired) electrons. The van der Waals surface area contributed by atoms with Gasteiger partial charge in [0.15, 0.2) is 0 Å². The minimum Gasteiger partial charge on any atom is -0.444 e. The number of oxazole rings is 1. The molecule has 4 rings (SSSR count). The van der Waals surface area contributed by atoms with E-state index in [0.717, 1.165) is 36.4 Å². The van der Waals surface area contributed by atoms with E-state index >= 15 is 0 Å². The summed E-state index contributed by atoms with van der Waals surface area (Å²) in [6.45, 7) is 2.61. The summed E-state index contributed by atoms with van der Waals surface area (Å²) in [5, 5.41) is 5.98. The standard InChI is InChI=1S/C19H23N3O3/c1-12-11-25-18(20-12)14-3-2-4-15(9-14)21-19(23)22-16-7-8-24-17(10-16)13-5-6-13/h2-4,9,11,13,16-17H,5-8,10H2,1H3,(H2,21,22,23). The smallest absolute Gasteiger partial charge is 0.319 e. The minimum atomic E-state index is -0.179. The zero-order valence-corrected chi connectivity index (χ0v) is 14.3. The van der Waals surface area contributed by atoms with Crippen molar-refractivity contribution in [3.63, 3.8) is 0 Å². The number of hydrogen-bond donors (Lipinski definition) is 2. The number of urea groups is 1. The summed E-state index contributed by atoms with van der Waals surface area (Å²) in [5.74, 6) is 1.26. The summed E-state index contributed by atoms with van der Waals surface area (Å²) < 4.78 is 11.2. The van der Waals surface area contributed by atoms with E-state index in [1.807, 2.05) is 31.2 Å². The number of ether oxygens (including phenoxy) is 1. The molecule has 2 atom stereocenters. The zero-order chi connectivity index (χ0) is 17.2. The Bertz CT molecular complexity index is 754. The van der Waals surface area contributed by atoms with Gasteiger partial charge < -0.3 is 19.8 Å². The first-order chi connectivity index (χ1) is 12.2. The first-order valence-electron chi connectivity index (χ1n) is 8.89. The summed E-state index contributed by atoms with van der Waals surface area (Å²) >= 11 is 0. The Morgan fingerprint density at radius 1 is 1.28 bits per heavy atom. The van der Waals surface area contributed by atoms with Gasteiger partial charge in [-0.05, 0) is 56.7 Å². The van der Waals surface area contributed by atoms with Gasteiger partial charge in [-0.15, -0.1) is 0 Å². The lowest BCUT2D eigenvalue weighted by atomic mass is 10.0. The Hall–Kier alpha value is -2.34. The second-order valence-corrected chi connectivity index (χ2v) is 6.94. The van der Waals surface area contributed by atoms with Gasteiger partial charge in [-0.1, -0.05) is 6.07 Å². The molecule has 1 aromatic heterocycles. The van der Waals surface area contributed by atoms with Crippen LogP contribution in [0.2, 0.25) is 0 Å². The Morgan fingerprint density at radius 2 is 2.16 bits per heavy atom. The molecule has 2 aromatic rings. The maximum Gasteiger partial charge on any atom is 0.319 e. The number of nitrogens with zero attached hydrogens (tertiary/aromatic N) is 1. The molecular weight excluding hydrogens is 318 g/mol. The van der Waals surface area contributed by atoms with Crippen molar-refractivity contribution < 1.29 is 13.9 Å². The second-order valence-electron chi connectivity index (χ2n) is 6.94. The maximum absolute atomic E-state index is 12.3. The number of benzene rings is 1. The lowest BCUT2D eigenvalue weighted by Gasteiger charge is -2.30. The van der Waals surface area contributed by atoms with Crippen LogP contribution in [0.25, 0.3) is 11.5 Å². The predicted octanol–water partition coefficient (Wildman–Crippen LogP) is 3.73. The maximum atomic E-state index is 12.3. The fourth-order valence-corrected chi connectivity index (χ4v) is 3.32. The van der Waals surface area contributed by atoms with Gasteiger partial charge in [0.05, 0.1) is 11.8 Å². The van der Waals surface area contributed by atoms with Gasteiger partial charge in [0, 0.05) is 23.9 Å². The van der Waals surface area contributed by atoms with Crippen molar-refractivity contribution in [2.75, 3.05) is 11.9 Å². The Balaban J connectivity index is 1.36. The summed E-state index contributed by atoms with van der Waals surface area (Å²) in [6.07, 6.45) is 6.23. The van der Waals surface area contributed by atoms with Gasteiger partial charge in [-0.2, -0.15) is 0 Å². The first-order valence-corrected chi connectivity index (χ1v) is 8.89. The van der Waals surface area contributed by atoms with Crippen molar-refractivity contribution in [1.82, 2.24) is 10.3 Å². The molecule has 2 aliphatic rings. The molecule has 6 heteroatoms. The Kier molecular flexibility index (Phi) is 4.44. The molecule has 1 aromatic carbocycles. The number of carbonyl (C=O) groups is 1. The van der Waals surface area contributed by atoms with Crippen LogP contribution in [-0.2, 0) is 4.74 Å². The largest absolute Gasteiger partial charge is 0.444 e. The SMILES string of the molecule is Cc1coc(-c2cccc(NC(=O)NC3CCOC(C4CC4)C3)c2)n1. The average Bonchev–Trinajstić information content (AvgIpc) is 3.36. The molecule has 25 heavy (non-hydrogen) atoms. The van der Waals surface area contributed by atoms with Gasteiger partial charge in [-0.25, -0.2) is 9.78 Å². The van der Waals surface area contributed by atoms with E-state index in [1.54, 1.807) is 6.26 Å². The Morgan fingerprint density at radius 3 is 2.92 bits per heavy atom. The van der Waals surface area contributed by atoms with Crippen molar-refractivity contribution in [2.24, 2.45) is 5.92 Å². The molecule has 1 saturated carbocycles. The van der Waals surface area contributed by atoms with Crippen LogP contribution in [0.15, 0.2) is 34.9 Å². The summed E-state index contributed by atoms with van der Waals surface area (Å²) in [7, 11) is 0. The molecule has 2 amide bonds. The third kappa shape index (κ3) is 4.02. The highest BCUT2D eigenvalue weighted by Crippen LogP contribution is 2.38. The average molecular weight is 341 g/mol. The van der Waals surface area contributed by atoms with Crippen LogP contribution in [0.1, 0.15) is 31.4 Å². The molecule has 132 valence electrons. The van der Waals surface area contributed by atoms with Crippen LogP contribution >= 0.6 is 0 Å². The predicted molar refractivity (Wildman–Crippen MR) is 94.3 cm³/mol. The van der Waals surface area contributed by atoms with E-state index < -0.39 is 0 Å². The molecule has 2 N–H and O–H groups in total. The lowest BCUT2D eigenvalue weighted by molar-refractivity contribution is -0.00889. The molecule has 2 heterocycles. The molecule has 1 aliphatic carbocycles. The number of aryl methyl sites for hydroxylation is 1. The molecule has 1 aliphatic heterocycles. The fraction of sp³-hybridized carbons (Fsp3) is 0.474. The number of rotatable bonds is 4.